The number of aliphatic hydroxyl groups is 1. The zero-order valence-corrected chi connectivity index (χ0v) is 15.9. The minimum Gasteiger partial charge on any atom is -0.491 e. The van der Waals surface area contributed by atoms with Crippen molar-refractivity contribution in [3.05, 3.63) is 29.5 Å². The number of aryl methyl sites for hydroxylation is 1. The Labute approximate surface area is 153 Å². The van der Waals surface area contributed by atoms with E-state index in [9.17, 15) is 9.90 Å². The van der Waals surface area contributed by atoms with Crippen LogP contribution in [0.2, 0.25) is 0 Å². The number of carbonyl (C=O) groups excluding carboxylic acids is 1. The lowest BCUT2D eigenvalue weighted by Crippen LogP contribution is -2.26. The SMILES string of the molecule is Cc1cc(OCCOC2CC2)c(CO)c2ccn(C(=O)OC(C)(C)C)c12. The molecule has 3 rings (SSSR count). The minimum absolute atomic E-state index is 0.173. The Balaban J connectivity index is 1.86. The summed E-state index contributed by atoms with van der Waals surface area (Å²) in [5, 5.41) is 10.6. The number of rotatable bonds is 6. The topological polar surface area (TPSA) is 69.9 Å². The van der Waals surface area contributed by atoms with E-state index >= 15 is 0 Å². The summed E-state index contributed by atoms with van der Waals surface area (Å²) in [7, 11) is 0. The third-order valence-corrected chi connectivity index (χ3v) is 4.20. The van der Waals surface area contributed by atoms with E-state index in [-0.39, 0.29) is 6.61 Å². The summed E-state index contributed by atoms with van der Waals surface area (Å²) in [6, 6.07) is 3.66. The molecule has 0 saturated heterocycles. The van der Waals surface area contributed by atoms with Crippen molar-refractivity contribution in [3.63, 3.8) is 0 Å². The summed E-state index contributed by atoms with van der Waals surface area (Å²) in [6.07, 6.45) is 3.88. The first-order chi connectivity index (χ1) is 12.3. The van der Waals surface area contributed by atoms with Crippen molar-refractivity contribution in [2.75, 3.05) is 13.2 Å². The van der Waals surface area contributed by atoms with Crippen LogP contribution in [-0.4, -0.2) is 40.7 Å². The molecule has 6 heteroatoms. The first-order valence-corrected chi connectivity index (χ1v) is 9.02. The Morgan fingerprint density at radius 3 is 2.65 bits per heavy atom. The molecule has 26 heavy (non-hydrogen) atoms. The fourth-order valence-electron chi connectivity index (χ4n) is 2.92. The second-order valence-electron chi connectivity index (χ2n) is 7.68. The maximum absolute atomic E-state index is 12.5. The second-order valence-corrected chi connectivity index (χ2v) is 7.68. The number of nitrogens with zero attached hydrogens (tertiary/aromatic N) is 1. The van der Waals surface area contributed by atoms with Gasteiger partial charge in [-0.1, -0.05) is 0 Å². The molecule has 1 aliphatic rings. The van der Waals surface area contributed by atoms with E-state index in [0.29, 0.717) is 30.6 Å². The van der Waals surface area contributed by atoms with Crippen LogP contribution in [0.15, 0.2) is 18.3 Å². The van der Waals surface area contributed by atoms with Crippen molar-refractivity contribution < 1.29 is 24.1 Å². The lowest BCUT2D eigenvalue weighted by Gasteiger charge is -2.20. The molecule has 1 aromatic carbocycles. The molecular formula is C20H27NO5. The smallest absolute Gasteiger partial charge is 0.419 e. The molecule has 0 bridgehead atoms. The Hall–Kier alpha value is -2.05. The predicted molar refractivity (Wildman–Crippen MR) is 98.7 cm³/mol. The molecule has 0 unspecified atom stereocenters. The van der Waals surface area contributed by atoms with E-state index in [1.807, 2.05) is 39.8 Å². The molecule has 1 heterocycles. The lowest BCUT2D eigenvalue weighted by atomic mass is 10.1. The molecule has 0 radical (unpaired) electrons. The number of aliphatic hydroxyl groups excluding tert-OH is 1. The number of hydrogen-bond acceptors (Lipinski definition) is 5. The fourth-order valence-corrected chi connectivity index (χ4v) is 2.92. The fraction of sp³-hybridized carbons (Fsp3) is 0.550. The monoisotopic (exact) mass is 361 g/mol. The number of benzene rings is 1. The molecule has 1 fully saturated rings. The van der Waals surface area contributed by atoms with Gasteiger partial charge in [-0.2, -0.15) is 0 Å². The van der Waals surface area contributed by atoms with Gasteiger partial charge in [0.05, 0.1) is 24.8 Å². The number of aromatic nitrogens is 1. The van der Waals surface area contributed by atoms with Crippen LogP contribution in [0.5, 0.6) is 5.75 Å². The van der Waals surface area contributed by atoms with E-state index in [2.05, 4.69) is 0 Å². The third kappa shape index (κ3) is 4.19. The average Bonchev–Trinajstić information content (AvgIpc) is 3.26. The Kier molecular flexibility index (Phi) is 5.25. The van der Waals surface area contributed by atoms with E-state index in [0.717, 1.165) is 29.3 Å². The van der Waals surface area contributed by atoms with Gasteiger partial charge in [0.25, 0.3) is 0 Å². The molecule has 1 aliphatic carbocycles. The van der Waals surface area contributed by atoms with E-state index in [1.165, 1.54) is 4.57 Å². The van der Waals surface area contributed by atoms with Crippen molar-refractivity contribution in [1.29, 1.82) is 0 Å². The zero-order valence-electron chi connectivity index (χ0n) is 15.9. The standard InChI is InChI=1S/C20H27NO5/c1-13-11-17(25-10-9-24-14-5-6-14)16(12-22)15-7-8-21(18(13)15)19(23)26-20(2,3)4/h7-8,11,14,22H,5-6,9-10,12H2,1-4H3. The Morgan fingerprint density at radius 1 is 1.31 bits per heavy atom. The Morgan fingerprint density at radius 2 is 2.04 bits per heavy atom. The molecule has 1 saturated carbocycles. The van der Waals surface area contributed by atoms with Crippen LogP contribution in [0.25, 0.3) is 10.9 Å². The first-order valence-electron chi connectivity index (χ1n) is 9.02. The number of fused-ring (bicyclic) bond motifs is 1. The summed E-state index contributed by atoms with van der Waals surface area (Å²) in [4.78, 5) is 12.5. The van der Waals surface area contributed by atoms with Gasteiger partial charge in [0.2, 0.25) is 0 Å². The molecule has 6 nitrogen and oxygen atoms in total. The average molecular weight is 361 g/mol. The van der Waals surface area contributed by atoms with Crippen LogP contribution in [0, 0.1) is 6.92 Å². The van der Waals surface area contributed by atoms with Crippen molar-refractivity contribution in [1.82, 2.24) is 4.57 Å². The number of hydrogen-bond donors (Lipinski definition) is 1. The second kappa shape index (κ2) is 7.29. The maximum atomic E-state index is 12.5. The summed E-state index contributed by atoms with van der Waals surface area (Å²) >= 11 is 0. The van der Waals surface area contributed by atoms with Crippen LogP contribution in [0.1, 0.15) is 44.7 Å². The molecule has 0 amide bonds. The van der Waals surface area contributed by atoms with Gasteiger partial charge < -0.3 is 19.3 Å². The molecule has 1 N–H and O–H groups in total. The van der Waals surface area contributed by atoms with Crippen LogP contribution in [-0.2, 0) is 16.1 Å². The molecule has 0 atom stereocenters. The van der Waals surface area contributed by atoms with Crippen LogP contribution in [0.3, 0.4) is 0 Å². The van der Waals surface area contributed by atoms with Crippen LogP contribution in [0.4, 0.5) is 4.79 Å². The molecule has 2 aromatic rings. The molecular weight excluding hydrogens is 334 g/mol. The summed E-state index contributed by atoms with van der Waals surface area (Å²) in [5.41, 5.74) is 1.70. The van der Waals surface area contributed by atoms with Gasteiger partial charge in [0, 0.05) is 17.1 Å². The largest absolute Gasteiger partial charge is 0.491 e. The summed E-state index contributed by atoms with van der Waals surface area (Å²) < 4.78 is 18.4. The quantitative estimate of drug-likeness (QED) is 0.793. The zero-order chi connectivity index (χ0) is 18.9. The lowest BCUT2D eigenvalue weighted by molar-refractivity contribution is 0.0544. The van der Waals surface area contributed by atoms with Gasteiger partial charge in [-0.15, -0.1) is 0 Å². The maximum Gasteiger partial charge on any atom is 0.419 e. The Bertz CT molecular complexity index is 799. The highest BCUT2D eigenvalue weighted by Crippen LogP contribution is 2.33. The number of carbonyl (C=O) groups is 1. The van der Waals surface area contributed by atoms with Gasteiger partial charge in [-0.05, 0) is 58.2 Å². The molecule has 142 valence electrons. The van der Waals surface area contributed by atoms with Crippen molar-refractivity contribution >= 4 is 17.0 Å². The van der Waals surface area contributed by atoms with E-state index in [4.69, 9.17) is 14.2 Å². The highest BCUT2D eigenvalue weighted by Gasteiger charge is 2.23. The first kappa shape index (κ1) is 18.7. The van der Waals surface area contributed by atoms with Crippen molar-refractivity contribution in [3.8, 4) is 5.75 Å². The van der Waals surface area contributed by atoms with Gasteiger partial charge in [0.15, 0.2) is 0 Å². The van der Waals surface area contributed by atoms with Gasteiger partial charge >= 0.3 is 6.09 Å². The normalized spacial score (nSPS) is 14.7. The summed E-state index contributed by atoms with van der Waals surface area (Å²) in [5.74, 6) is 0.624. The highest BCUT2D eigenvalue weighted by atomic mass is 16.6. The summed E-state index contributed by atoms with van der Waals surface area (Å²) in [6.45, 7) is 8.20. The highest BCUT2D eigenvalue weighted by molar-refractivity contribution is 5.95. The van der Waals surface area contributed by atoms with Gasteiger partial charge in [-0.3, -0.25) is 4.57 Å². The van der Waals surface area contributed by atoms with E-state index in [1.54, 1.807) is 6.20 Å². The number of ether oxygens (including phenoxy) is 3. The van der Waals surface area contributed by atoms with Crippen molar-refractivity contribution in [2.45, 2.75) is 58.8 Å². The van der Waals surface area contributed by atoms with Crippen LogP contribution >= 0.6 is 0 Å². The molecule has 1 aromatic heterocycles. The van der Waals surface area contributed by atoms with Gasteiger partial charge in [-0.25, -0.2) is 4.79 Å². The van der Waals surface area contributed by atoms with E-state index < -0.39 is 11.7 Å². The van der Waals surface area contributed by atoms with Crippen molar-refractivity contribution in [2.24, 2.45) is 0 Å². The molecule has 0 spiro atoms. The van der Waals surface area contributed by atoms with Gasteiger partial charge in [0.1, 0.15) is 18.0 Å². The van der Waals surface area contributed by atoms with Crippen LogP contribution < -0.4 is 4.74 Å². The predicted octanol–water partition coefficient (Wildman–Crippen LogP) is 3.78. The third-order valence-electron chi connectivity index (χ3n) is 4.20. The minimum atomic E-state index is -0.577. The molecule has 0 aliphatic heterocycles.